The van der Waals surface area contributed by atoms with Crippen LogP contribution < -0.4 is 15.4 Å². The van der Waals surface area contributed by atoms with Gasteiger partial charge in [-0.15, -0.1) is 11.3 Å². The maximum Gasteiger partial charge on any atom is 0.357 e. The van der Waals surface area contributed by atoms with Crippen LogP contribution in [0.4, 0.5) is 14.3 Å². The number of methoxy groups -OCH3 is 2. The molecule has 13 heteroatoms. The Hall–Kier alpha value is -4.26. The summed E-state index contributed by atoms with van der Waals surface area (Å²) in [4.78, 5) is 55.7. The highest BCUT2D eigenvalue weighted by molar-refractivity contribution is 7.14. The molecule has 35 heavy (non-hydrogen) atoms. The zero-order valence-electron chi connectivity index (χ0n) is 18.4. The van der Waals surface area contributed by atoms with Gasteiger partial charge in [0, 0.05) is 11.8 Å². The molecule has 3 heterocycles. The van der Waals surface area contributed by atoms with Crippen molar-refractivity contribution in [2.45, 2.75) is 18.5 Å². The van der Waals surface area contributed by atoms with E-state index in [4.69, 9.17) is 9.15 Å². The predicted octanol–water partition coefficient (Wildman–Crippen LogP) is 2.51. The number of ether oxygens (including phenoxy) is 2. The number of anilines is 1. The summed E-state index contributed by atoms with van der Waals surface area (Å²) in [6.07, 6.45) is 1.26. The summed E-state index contributed by atoms with van der Waals surface area (Å²) in [5, 5.41) is 6.47. The minimum atomic E-state index is -1.33. The van der Waals surface area contributed by atoms with E-state index < -0.39 is 41.7 Å². The summed E-state index contributed by atoms with van der Waals surface area (Å²) in [6, 6.07) is 3.68. The van der Waals surface area contributed by atoms with Crippen LogP contribution >= 0.6 is 11.3 Å². The lowest BCUT2D eigenvalue weighted by molar-refractivity contribution is -0.134. The van der Waals surface area contributed by atoms with Gasteiger partial charge in [-0.05, 0) is 29.8 Å². The highest BCUT2D eigenvalue weighted by Crippen LogP contribution is 2.29. The number of nitrogens with zero attached hydrogens (tertiary/aromatic N) is 2. The fourth-order valence-electron chi connectivity index (χ4n) is 3.52. The van der Waals surface area contributed by atoms with Gasteiger partial charge in [0.15, 0.2) is 22.4 Å². The van der Waals surface area contributed by atoms with E-state index in [1.165, 1.54) is 38.0 Å². The fraction of sp³-hybridized carbons (Fsp3) is 0.227. The van der Waals surface area contributed by atoms with Crippen molar-refractivity contribution in [3.63, 3.8) is 0 Å². The molecule has 0 radical (unpaired) electrons. The Kier molecular flexibility index (Phi) is 6.78. The second-order valence-corrected chi connectivity index (χ2v) is 8.16. The highest BCUT2D eigenvalue weighted by atomic mass is 32.1. The van der Waals surface area contributed by atoms with E-state index in [0.717, 1.165) is 22.3 Å². The Labute approximate surface area is 201 Å². The number of benzene rings is 1. The number of carbonyl (C=O) groups is 4. The van der Waals surface area contributed by atoms with E-state index in [9.17, 15) is 23.6 Å². The number of imide groups is 1. The van der Waals surface area contributed by atoms with Crippen molar-refractivity contribution >= 4 is 40.3 Å². The average molecular weight is 502 g/mol. The van der Waals surface area contributed by atoms with Gasteiger partial charge in [-0.1, -0.05) is 6.07 Å². The van der Waals surface area contributed by atoms with Crippen molar-refractivity contribution in [1.82, 2.24) is 15.2 Å². The van der Waals surface area contributed by atoms with Gasteiger partial charge in [0.1, 0.15) is 17.8 Å². The molecule has 2 aromatic heterocycles. The van der Waals surface area contributed by atoms with Crippen LogP contribution in [0.25, 0.3) is 0 Å². The Morgan fingerprint density at radius 1 is 1.31 bits per heavy atom. The maximum atomic E-state index is 14.2. The largest absolute Gasteiger partial charge is 0.494 e. The molecule has 1 aliphatic rings. The van der Waals surface area contributed by atoms with Gasteiger partial charge in [-0.25, -0.2) is 23.9 Å². The molecule has 4 amide bonds. The monoisotopic (exact) mass is 502 g/mol. The van der Waals surface area contributed by atoms with E-state index in [0.29, 0.717) is 5.76 Å². The van der Waals surface area contributed by atoms with Crippen LogP contribution in [0.5, 0.6) is 5.75 Å². The second-order valence-electron chi connectivity index (χ2n) is 7.30. The van der Waals surface area contributed by atoms with Crippen molar-refractivity contribution in [2.75, 3.05) is 19.5 Å². The quantitative estimate of drug-likeness (QED) is 0.354. The number of amides is 4. The lowest BCUT2D eigenvalue weighted by atomic mass is 10.0. The summed E-state index contributed by atoms with van der Waals surface area (Å²) in [7, 11) is 2.50. The molecule has 0 bridgehead atoms. The summed E-state index contributed by atoms with van der Waals surface area (Å²) in [5.74, 6) is -2.55. The molecule has 11 nitrogen and oxygen atoms in total. The first-order valence-electron chi connectivity index (χ1n) is 10.2. The minimum Gasteiger partial charge on any atom is -0.494 e. The van der Waals surface area contributed by atoms with E-state index in [1.54, 1.807) is 12.1 Å². The van der Waals surface area contributed by atoms with Crippen molar-refractivity contribution in [3.05, 3.63) is 64.8 Å². The number of aromatic nitrogens is 1. The summed E-state index contributed by atoms with van der Waals surface area (Å²) < 4.78 is 29.0. The fourth-order valence-corrected chi connectivity index (χ4v) is 4.20. The van der Waals surface area contributed by atoms with Crippen molar-refractivity contribution in [3.8, 4) is 5.75 Å². The maximum absolute atomic E-state index is 14.2. The molecule has 4 rings (SSSR count). The molecule has 1 aliphatic heterocycles. The average Bonchev–Trinajstić information content (AvgIpc) is 3.58. The zero-order chi connectivity index (χ0) is 25.1. The third-order valence-electron chi connectivity index (χ3n) is 5.20. The smallest absolute Gasteiger partial charge is 0.357 e. The van der Waals surface area contributed by atoms with Crippen molar-refractivity contribution in [2.24, 2.45) is 0 Å². The number of rotatable bonds is 8. The van der Waals surface area contributed by atoms with Crippen LogP contribution in [-0.4, -0.2) is 54.0 Å². The first-order valence-corrected chi connectivity index (χ1v) is 11.0. The lowest BCUT2D eigenvalue weighted by Crippen LogP contribution is -2.49. The van der Waals surface area contributed by atoms with Gasteiger partial charge in [0.2, 0.25) is 5.91 Å². The van der Waals surface area contributed by atoms with Crippen molar-refractivity contribution in [1.29, 1.82) is 0 Å². The van der Waals surface area contributed by atoms with Crippen LogP contribution in [0.1, 0.15) is 27.9 Å². The molecule has 2 N–H and O–H groups in total. The third-order valence-corrected chi connectivity index (χ3v) is 5.96. The number of carbonyl (C=O) groups excluding carboxylic acids is 4. The molecule has 1 fully saturated rings. The summed E-state index contributed by atoms with van der Waals surface area (Å²) in [5.41, 5.74) is 0.177. The Morgan fingerprint density at radius 2 is 2.11 bits per heavy atom. The Morgan fingerprint density at radius 3 is 2.77 bits per heavy atom. The van der Waals surface area contributed by atoms with Gasteiger partial charge in [0.05, 0.1) is 20.5 Å². The topological polar surface area (TPSA) is 140 Å². The number of hydrogen-bond acceptors (Lipinski definition) is 9. The molecule has 182 valence electrons. The van der Waals surface area contributed by atoms with Crippen LogP contribution in [0.2, 0.25) is 0 Å². The van der Waals surface area contributed by atoms with E-state index >= 15 is 0 Å². The molecule has 0 spiro atoms. The summed E-state index contributed by atoms with van der Waals surface area (Å²) >= 11 is 0.969. The molecule has 2 atom stereocenters. The molecule has 0 aliphatic carbocycles. The van der Waals surface area contributed by atoms with Gasteiger partial charge >= 0.3 is 12.0 Å². The first kappa shape index (κ1) is 23.9. The predicted molar refractivity (Wildman–Crippen MR) is 119 cm³/mol. The SMILES string of the molecule is COC(=O)c1csc(NC(=O)C(Cc2ccco2)N2C(=O)NC(c3ccc(OC)c(F)c3)C2=O)n1. The van der Waals surface area contributed by atoms with Crippen LogP contribution in [0, 0.1) is 5.82 Å². The lowest BCUT2D eigenvalue weighted by Gasteiger charge is -2.23. The number of hydrogen-bond donors (Lipinski definition) is 2. The molecular formula is C22H19FN4O7S. The Bertz CT molecular complexity index is 1280. The number of urea groups is 1. The molecule has 1 aromatic carbocycles. The van der Waals surface area contributed by atoms with E-state index in [-0.39, 0.29) is 28.6 Å². The molecule has 0 saturated carbocycles. The van der Waals surface area contributed by atoms with Gasteiger partial charge in [0.25, 0.3) is 5.91 Å². The van der Waals surface area contributed by atoms with Crippen LogP contribution in [0.15, 0.2) is 46.4 Å². The number of nitrogens with one attached hydrogen (secondary N) is 2. The number of thiazole rings is 1. The molecular weight excluding hydrogens is 483 g/mol. The second kappa shape index (κ2) is 9.93. The standard InChI is InChI=1S/C22H19FN4O7S/c1-32-16-6-5-11(8-13(16)23)17-19(29)27(22(31)25-17)15(9-12-4-3-7-34-12)18(28)26-21-24-14(10-35-21)20(30)33-2/h3-8,10,15,17H,9H2,1-2H3,(H,25,31)(H,24,26,28). The van der Waals surface area contributed by atoms with Crippen LogP contribution in [0.3, 0.4) is 0 Å². The van der Waals surface area contributed by atoms with Crippen molar-refractivity contribution < 1.29 is 37.5 Å². The summed E-state index contributed by atoms with van der Waals surface area (Å²) in [6.45, 7) is 0. The zero-order valence-corrected chi connectivity index (χ0v) is 19.3. The highest BCUT2D eigenvalue weighted by Gasteiger charge is 2.46. The van der Waals surface area contributed by atoms with Gasteiger partial charge < -0.3 is 24.5 Å². The van der Waals surface area contributed by atoms with Crippen LogP contribution in [-0.2, 0) is 20.7 Å². The minimum absolute atomic E-state index is 0.00743. The van der Waals surface area contributed by atoms with Gasteiger partial charge in [-0.3, -0.25) is 9.59 Å². The number of esters is 1. The third kappa shape index (κ3) is 4.84. The Balaban J connectivity index is 1.60. The number of furan rings is 1. The van der Waals surface area contributed by atoms with E-state index in [1.807, 2.05) is 0 Å². The molecule has 2 unspecified atom stereocenters. The molecule has 3 aromatic rings. The normalized spacial score (nSPS) is 16.1. The molecule has 1 saturated heterocycles. The van der Waals surface area contributed by atoms with E-state index in [2.05, 4.69) is 20.4 Å². The van der Waals surface area contributed by atoms with Gasteiger partial charge in [-0.2, -0.15) is 0 Å². The number of halogens is 1. The first-order chi connectivity index (χ1) is 16.8.